The molecule has 2 N–H and O–H groups in total. The van der Waals surface area contributed by atoms with Crippen LogP contribution in [-0.2, 0) is 4.79 Å². The molecule has 2 rings (SSSR count). The largest absolute Gasteiger partial charge is 0.480 e. The number of carbonyl (C=O) groups excluding carboxylic acids is 1. The number of aromatic nitrogens is 2. The molecule has 1 aromatic carbocycles. The van der Waals surface area contributed by atoms with Gasteiger partial charge in [-0.15, -0.1) is 0 Å². The van der Waals surface area contributed by atoms with Gasteiger partial charge in [-0.1, -0.05) is 37.3 Å². The molecule has 0 aliphatic carbocycles. The summed E-state index contributed by atoms with van der Waals surface area (Å²) in [6, 6.07) is 10.9. The van der Waals surface area contributed by atoms with E-state index in [0.29, 0.717) is 5.69 Å². The van der Waals surface area contributed by atoms with Crippen molar-refractivity contribution in [3.05, 3.63) is 48.4 Å². The van der Waals surface area contributed by atoms with E-state index in [1.54, 1.807) is 13.0 Å². The maximum atomic E-state index is 12.2. The highest BCUT2D eigenvalue weighted by atomic mass is 16.4. The van der Waals surface area contributed by atoms with Crippen molar-refractivity contribution in [2.24, 2.45) is 0 Å². The molecule has 22 heavy (non-hydrogen) atoms. The van der Waals surface area contributed by atoms with Gasteiger partial charge in [0.2, 0.25) is 0 Å². The van der Waals surface area contributed by atoms with E-state index < -0.39 is 17.4 Å². The van der Waals surface area contributed by atoms with E-state index in [0.717, 1.165) is 5.56 Å². The molecule has 1 aromatic heterocycles. The van der Waals surface area contributed by atoms with Gasteiger partial charge in [0.15, 0.2) is 0 Å². The first-order valence-corrected chi connectivity index (χ1v) is 6.89. The number of carbonyl (C=O) groups is 2. The summed E-state index contributed by atoms with van der Waals surface area (Å²) >= 11 is 0. The Hall–Kier alpha value is -2.76. The summed E-state index contributed by atoms with van der Waals surface area (Å²) in [6.07, 6.45) is 1.56. The second-order valence-corrected chi connectivity index (χ2v) is 5.10. The van der Waals surface area contributed by atoms with Gasteiger partial charge in [-0.25, -0.2) is 14.8 Å². The van der Waals surface area contributed by atoms with Gasteiger partial charge in [-0.2, -0.15) is 0 Å². The van der Waals surface area contributed by atoms with E-state index in [9.17, 15) is 14.7 Å². The number of aliphatic carboxylic acids is 1. The summed E-state index contributed by atoms with van der Waals surface area (Å²) in [6.45, 7) is 3.16. The number of carboxylic acid groups (broad SMARTS) is 1. The van der Waals surface area contributed by atoms with Crippen LogP contribution in [0.4, 0.5) is 0 Å². The molecule has 0 radical (unpaired) electrons. The van der Waals surface area contributed by atoms with Gasteiger partial charge in [-0.05, 0) is 19.4 Å². The molecular weight excluding hydrogens is 282 g/mol. The summed E-state index contributed by atoms with van der Waals surface area (Å²) in [5.74, 6) is -1.62. The molecule has 0 bridgehead atoms. The van der Waals surface area contributed by atoms with E-state index in [4.69, 9.17) is 0 Å². The minimum Gasteiger partial charge on any atom is -0.480 e. The Labute approximate surface area is 128 Å². The Morgan fingerprint density at radius 2 is 1.91 bits per heavy atom. The van der Waals surface area contributed by atoms with Crippen LogP contribution in [0.25, 0.3) is 11.3 Å². The molecule has 114 valence electrons. The lowest BCUT2D eigenvalue weighted by atomic mass is 9.99. The summed E-state index contributed by atoms with van der Waals surface area (Å²) < 4.78 is 0. The van der Waals surface area contributed by atoms with E-state index in [-0.39, 0.29) is 12.1 Å². The first-order valence-electron chi connectivity index (χ1n) is 6.89. The fraction of sp³-hybridized carbons (Fsp3) is 0.250. The van der Waals surface area contributed by atoms with Gasteiger partial charge in [-0.3, -0.25) is 4.79 Å². The summed E-state index contributed by atoms with van der Waals surface area (Å²) in [7, 11) is 0. The second kappa shape index (κ2) is 6.34. The average Bonchev–Trinajstić information content (AvgIpc) is 2.55. The van der Waals surface area contributed by atoms with Crippen LogP contribution in [0.3, 0.4) is 0 Å². The Bertz CT molecular complexity index is 688. The minimum atomic E-state index is -1.32. The predicted molar refractivity (Wildman–Crippen MR) is 81.3 cm³/mol. The lowest BCUT2D eigenvalue weighted by Crippen LogP contribution is -2.51. The summed E-state index contributed by atoms with van der Waals surface area (Å²) in [5, 5.41) is 11.7. The number of amides is 1. The molecule has 2 aromatic rings. The monoisotopic (exact) mass is 299 g/mol. The quantitative estimate of drug-likeness (QED) is 0.882. The lowest BCUT2D eigenvalue weighted by Gasteiger charge is -2.24. The van der Waals surface area contributed by atoms with Gasteiger partial charge < -0.3 is 10.4 Å². The van der Waals surface area contributed by atoms with Crippen LogP contribution in [0, 0.1) is 0 Å². The van der Waals surface area contributed by atoms with Gasteiger partial charge in [0.1, 0.15) is 17.6 Å². The third-order valence-corrected chi connectivity index (χ3v) is 3.54. The fourth-order valence-electron chi connectivity index (χ4n) is 1.86. The molecule has 0 saturated carbocycles. The van der Waals surface area contributed by atoms with Crippen LogP contribution >= 0.6 is 0 Å². The molecule has 1 heterocycles. The van der Waals surface area contributed by atoms with Crippen molar-refractivity contribution >= 4 is 11.9 Å². The summed E-state index contributed by atoms with van der Waals surface area (Å²) in [5.41, 5.74) is 0.272. The Balaban J connectivity index is 2.27. The molecular formula is C16H17N3O3. The van der Waals surface area contributed by atoms with Crippen LogP contribution in [0.2, 0.25) is 0 Å². The Morgan fingerprint density at radius 3 is 2.50 bits per heavy atom. The van der Waals surface area contributed by atoms with Gasteiger partial charge in [0.05, 0.1) is 5.69 Å². The smallest absolute Gasteiger partial charge is 0.329 e. The molecule has 0 saturated heterocycles. The number of hydrogen-bond acceptors (Lipinski definition) is 4. The summed E-state index contributed by atoms with van der Waals surface area (Å²) in [4.78, 5) is 31.6. The van der Waals surface area contributed by atoms with Gasteiger partial charge in [0, 0.05) is 5.56 Å². The minimum absolute atomic E-state index is 0.134. The third-order valence-electron chi connectivity index (χ3n) is 3.54. The van der Waals surface area contributed by atoms with E-state index in [1.807, 2.05) is 30.3 Å². The molecule has 0 aliphatic rings. The molecule has 1 unspecified atom stereocenters. The second-order valence-electron chi connectivity index (χ2n) is 5.10. The number of nitrogens with one attached hydrogen (secondary N) is 1. The van der Waals surface area contributed by atoms with Crippen molar-refractivity contribution in [2.45, 2.75) is 25.8 Å². The first kappa shape index (κ1) is 15.6. The van der Waals surface area contributed by atoms with Crippen molar-refractivity contribution in [3.8, 4) is 11.3 Å². The van der Waals surface area contributed by atoms with E-state index in [2.05, 4.69) is 15.3 Å². The number of rotatable bonds is 5. The predicted octanol–water partition coefficient (Wildman–Crippen LogP) is 2.13. The molecule has 0 spiro atoms. The number of nitrogens with zero attached hydrogens (tertiary/aromatic N) is 2. The molecule has 1 atom stereocenters. The van der Waals surface area contributed by atoms with Crippen LogP contribution in [0.5, 0.6) is 0 Å². The van der Waals surface area contributed by atoms with E-state index in [1.165, 1.54) is 13.3 Å². The van der Waals surface area contributed by atoms with E-state index >= 15 is 0 Å². The van der Waals surface area contributed by atoms with Crippen LogP contribution in [-0.4, -0.2) is 32.5 Å². The molecule has 0 aliphatic heterocycles. The number of hydrogen-bond donors (Lipinski definition) is 2. The van der Waals surface area contributed by atoms with Crippen LogP contribution in [0.15, 0.2) is 42.7 Å². The highest BCUT2D eigenvalue weighted by Crippen LogP contribution is 2.17. The third kappa shape index (κ3) is 3.28. The molecule has 0 fully saturated rings. The van der Waals surface area contributed by atoms with Crippen molar-refractivity contribution in [1.29, 1.82) is 0 Å². The SMILES string of the molecule is CCC(C)(NC(=O)c1cc(-c2ccccc2)ncn1)C(=O)O. The first-order chi connectivity index (χ1) is 10.5. The van der Waals surface area contributed by atoms with Crippen molar-refractivity contribution < 1.29 is 14.7 Å². The Morgan fingerprint density at radius 1 is 1.23 bits per heavy atom. The van der Waals surface area contributed by atoms with Gasteiger partial charge >= 0.3 is 5.97 Å². The topological polar surface area (TPSA) is 92.2 Å². The zero-order valence-electron chi connectivity index (χ0n) is 12.4. The van der Waals surface area contributed by atoms with Gasteiger partial charge in [0.25, 0.3) is 5.91 Å². The van der Waals surface area contributed by atoms with Crippen LogP contribution in [0.1, 0.15) is 30.8 Å². The standard InChI is InChI=1S/C16H17N3O3/c1-3-16(2,15(21)22)19-14(20)13-9-12(17-10-18-13)11-7-5-4-6-8-11/h4-10H,3H2,1-2H3,(H,19,20)(H,21,22). The fourth-order valence-corrected chi connectivity index (χ4v) is 1.86. The Kier molecular flexibility index (Phi) is 4.50. The number of benzene rings is 1. The molecule has 6 nitrogen and oxygen atoms in total. The lowest BCUT2D eigenvalue weighted by molar-refractivity contribution is -0.143. The maximum absolute atomic E-state index is 12.2. The molecule has 6 heteroatoms. The van der Waals surface area contributed by atoms with Crippen molar-refractivity contribution in [2.75, 3.05) is 0 Å². The molecule has 1 amide bonds. The van der Waals surface area contributed by atoms with Crippen molar-refractivity contribution in [1.82, 2.24) is 15.3 Å². The highest BCUT2D eigenvalue weighted by Gasteiger charge is 2.33. The van der Waals surface area contributed by atoms with Crippen molar-refractivity contribution in [3.63, 3.8) is 0 Å². The zero-order chi connectivity index (χ0) is 16.2. The normalized spacial score (nSPS) is 13.2. The average molecular weight is 299 g/mol. The highest BCUT2D eigenvalue weighted by molar-refractivity contribution is 5.96. The van der Waals surface area contributed by atoms with Crippen LogP contribution < -0.4 is 5.32 Å². The number of carboxylic acids is 1. The maximum Gasteiger partial charge on any atom is 0.329 e. The zero-order valence-corrected chi connectivity index (χ0v) is 12.4.